The third-order valence-corrected chi connectivity index (χ3v) is 8.82. The molecule has 0 saturated heterocycles. The fourth-order valence-corrected chi connectivity index (χ4v) is 5.59. The number of amides is 1. The van der Waals surface area contributed by atoms with Gasteiger partial charge in [-0.25, -0.2) is 9.97 Å². The summed E-state index contributed by atoms with van der Waals surface area (Å²) in [6.07, 6.45) is 4.98. The number of nitrogen functional groups attached to an aromatic ring is 1. The van der Waals surface area contributed by atoms with Gasteiger partial charge in [0, 0.05) is 43.4 Å². The smallest absolute Gasteiger partial charge is 0.247 e. The van der Waals surface area contributed by atoms with Gasteiger partial charge in [-0.05, 0) is 60.8 Å². The van der Waals surface area contributed by atoms with Crippen molar-refractivity contribution >= 4 is 48.6 Å². The van der Waals surface area contributed by atoms with Crippen LogP contribution in [0.15, 0.2) is 78.6 Å². The van der Waals surface area contributed by atoms with E-state index in [1.54, 1.807) is 43.3 Å². The van der Waals surface area contributed by atoms with Crippen molar-refractivity contribution in [3.8, 4) is 28.3 Å². The van der Waals surface area contributed by atoms with Gasteiger partial charge >= 0.3 is 0 Å². The number of ether oxygens (including phenoxy) is 2. The summed E-state index contributed by atoms with van der Waals surface area (Å²) >= 11 is 1.57. The van der Waals surface area contributed by atoms with Crippen molar-refractivity contribution in [1.82, 2.24) is 14.5 Å². The van der Waals surface area contributed by atoms with Crippen molar-refractivity contribution in [2.75, 3.05) is 36.3 Å². The lowest BCUT2D eigenvalue weighted by atomic mass is 10.0. The minimum Gasteiger partial charge on any atom is -0.495 e. The minimum atomic E-state index is -1.24. The number of hydrogen-bond acceptors (Lipinski definition) is 8. The molecule has 2 aromatic carbocycles. The average Bonchev–Trinajstić information content (AvgIpc) is 3.33. The first kappa shape index (κ1) is 30.9. The highest BCUT2D eigenvalue weighted by Crippen LogP contribution is 2.38. The predicted molar refractivity (Wildman–Crippen MR) is 176 cm³/mol. The van der Waals surface area contributed by atoms with Crippen LogP contribution in [-0.2, 0) is 16.3 Å². The molecule has 9 nitrogen and oxygen atoms in total. The molecule has 0 fully saturated rings. The number of aromatic nitrogens is 3. The number of hydrogen-bond donors (Lipinski definition) is 3. The highest BCUT2D eigenvalue weighted by molar-refractivity contribution is 7.98. The Bertz CT molecular complexity index is 1570. The Morgan fingerprint density at radius 1 is 1.14 bits per heavy atom. The summed E-state index contributed by atoms with van der Waals surface area (Å²) in [6, 6.07) is 18.1. The molecule has 0 atom stereocenters. The topological polar surface area (TPSA) is 116 Å². The molecule has 1 amide bonds. The van der Waals surface area contributed by atoms with Crippen LogP contribution in [0.4, 0.5) is 22.9 Å². The number of rotatable bonds is 13. The number of anilines is 4. The number of benzene rings is 2. The lowest BCUT2D eigenvalue weighted by Crippen LogP contribution is -2.22. The zero-order chi connectivity index (χ0) is 30.3. The normalized spacial score (nSPS) is 11.3. The minimum absolute atomic E-state index is 0.301. The van der Waals surface area contributed by atoms with Crippen molar-refractivity contribution in [3.05, 3.63) is 73.4 Å². The number of nitrogens with two attached hydrogens (primary N) is 1. The molecule has 0 aliphatic heterocycles. The maximum atomic E-state index is 11.9. The van der Waals surface area contributed by atoms with Gasteiger partial charge in [0.1, 0.15) is 18.3 Å². The molecule has 0 unspecified atom stereocenters. The van der Waals surface area contributed by atoms with E-state index in [0.717, 1.165) is 33.7 Å². The molecule has 0 bridgehead atoms. The molecule has 4 rings (SSSR count). The van der Waals surface area contributed by atoms with E-state index in [1.165, 1.54) is 6.08 Å². The highest BCUT2D eigenvalue weighted by Gasteiger charge is 2.21. The van der Waals surface area contributed by atoms with Crippen LogP contribution >= 0.6 is 11.8 Å². The largest absolute Gasteiger partial charge is 0.495 e. The third kappa shape index (κ3) is 7.81. The summed E-state index contributed by atoms with van der Waals surface area (Å²) in [6.45, 7) is 11.6. The van der Waals surface area contributed by atoms with Gasteiger partial charge < -0.3 is 25.8 Å². The Kier molecular flexibility index (Phi) is 10.1. The molecule has 220 valence electrons. The molecular weight excluding hydrogens is 565 g/mol. The van der Waals surface area contributed by atoms with Crippen LogP contribution in [0.2, 0.25) is 25.7 Å². The first-order valence-electron chi connectivity index (χ1n) is 13.5. The van der Waals surface area contributed by atoms with Crippen molar-refractivity contribution in [2.24, 2.45) is 0 Å². The summed E-state index contributed by atoms with van der Waals surface area (Å²) < 4.78 is 13.9. The average molecular weight is 603 g/mol. The Labute approximate surface area is 252 Å². The fourth-order valence-electron chi connectivity index (χ4n) is 4.28. The maximum absolute atomic E-state index is 11.9. The Morgan fingerprint density at radius 2 is 1.95 bits per heavy atom. The molecule has 0 radical (unpaired) electrons. The third-order valence-electron chi connectivity index (χ3n) is 6.44. The Morgan fingerprint density at radius 3 is 2.64 bits per heavy atom. The van der Waals surface area contributed by atoms with Crippen LogP contribution in [-0.4, -0.2) is 48.5 Å². The lowest BCUT2D eigenvalue weighted by Gasteiger charge is -2.17. The van der Waals surface area contributed by atoms with Crippen molar-refractivity contribution in [2.45, 2.75) is 37.6 Å². The second-order valence-corrected chi connectivity index (χ2v) is 17.3. The molecule has 0 saturated carbocycles. The Hall–Kier alpha value is -4.06. The van der Waals surface area contributed by atoms with Gasteiger partial charge in [0.05, 0.1) is 24.2 Å². The number of thioether (sulfide) groups is 1. The van der Waals surface area contributed by atoms with E-state index in [4.69, 9.17) is 20.2 Å². The molecule has 2 heterocycles. The zero-order valence-corrected chi connectivity index (χ0v) is 26.5. The number of imidazole rings is 1. The Balaban J connectivity index is 1.76. The number of carbonyl (C=O) groups excluding carboxylic acids is 1. The van der Waals surface area contributed by atoms with Gasteiger partial charge in [-0.15, -0.1) is 0 Å². The molecule has 4 aromatic rings. The van der Waals surface area contributed by atoms with Crippen molar-refractivity contribution < 1.29 is 14.3 Å². The molecule has 11 heteroatoms. The molecule has 4 N–H and O–H groups in total. The zero-order valence-electron chi connectivity index (χ0n) is 24.7. The number of nitrogens with one attached hydrogen (secondary N) is 2. The summed E-state index contributed by atoms with van der Waals surface area (Å²) in [4.78, 5) is 21.4. The van der Waals surface area contributed by atoms with E-state index in [1.807, 2.05) is 42.7 Å². The molecule has 42 heavy (non-hydrogen) atoms. The first-order chi connectivity index (χ1) is 20.1. The number of pyridine rings is 1. The summed E-state index contributed by atoms with van der Waals surface area (Å²) in [5, 5.41) is 6.97. The summed E-state index contributed by atoms with van der Waals surface area (Å²) in [7, 11) is 0.352. The quantitative estimate of drug-likeness (QED) is 0.0488. The van der Waals surface area contributed by atoms with Gasteiger partial charge in [0.15, 0.2) is 5.16 Å². The van der Waals surface area contributed by atoms with Crippen LogP contribution in [0.5, 0.6) is 5.75 Å². The second-order valence-electron chi connectivity index (χ2n) is 10.9. The first-order valence-corrected chi connectivity index (χ1v) is 18.5. The van der Waals surface area contributed by atoms with Crippen molar-refractivity contribution in [1.29, 1.82) is 0 Å². The van der Waals surface area contributed by atoms with E-state index < -0.39 is 8.07 Å². The molecule has 0 spiro atoms. The lowest BCUT2D eigenvalue weighted by molar-refractivity contribution is -0.111. The van der Waals surface area contributed by atoms with Crippen LogP contribution in [0.3, 0.4) is 0 Å². The molecule has 0 aliphatic rings. The number of methoxy groups -OCH3 is 1. The van der Waals surface area contributed by atoms with E-state index in [0.29, 0.717) is 42.0 Å². The second kappa shape index (κ2) is 13.7. The SMILES string of the molecule is C=CC(=O)Nc1ccc(OC)c(Nc2cc(-c3c(-c4cccc(N)c4)nc(SC)n3COCC[Si](C)(C)C)ccn2)c1. The van der Waals surface area contributed by atoms with Crippen LogP contribution in [0.1, 0.15) is 0 Å². The van der Waals surface area contributed by atoms with Gasteiger partial charge in [0.25, 0.3) is 0 Å². The van der Waals surface area contributed by atoms with Crippen molar-refractivity contribution in [3.63, 3.8) is 0 Å². The molecule has 0 aliphatic carbocycles. The van der Waals surface area contributed by atoms with Gasteiger partial charge in [-0.1, -0.05) is 50.1 Å². The fraction of sp³-hybridized carbons (Fsp3) is 0.258. The highest BCUT2D eigenvalue weighted by atomic mass is 32.2. The predicted octanol–water partition coefficient (Wildman–Crippen LogP) is 7.11. The van der Waals surface area contributed by atoms with Crippen LogP contribution < -0.4 is 21.1 Å². The van der Waals surface area contributed by atoms with Gasteiger partial charge in [-0.3, -0.25) is 9.36 Å². The van der Waals surface area contributed by atoms with E-state index >= 15 is 0 Å². The van der Waals surface area contributed by atoms with Crippen LogP contribution in [0, 0.1) is 0 Å². The monoisotopic (exact) mass is 602 g/mol. The van der Waals surface area contributed by atoms with Gasteiger partial charge in [0.2, 0.25) is 5.91 Å². The van der Waals surface area contributed by atoms with E-state index in [-0.39, 0.29) is 5.91 Å². The number of nitrogens with zero attached hydrogens (tertiary/aromatic N) is 3. The summed E-state index contributed by atoms with van der Waals surface area (Å²) in [5.74, 6) is 0.893. The van der Waals surface area contributed by atoms with Crippen LogP contribution in [0.25, 0.3) is 22.5 Å². The van der Waals surface area contributed by atoms with E-state index in [2.05, 4.69) is 46.4 Å². The maximum Gasteiger partial charge on any atom is 0.247 e. The van der Waals surface area contributed by atoms with Gasteiger partial charge in [-0.2, -0.15) is 0 Å². The standard InChI is InChI=1S/C31H38N6O3SSi/c1-7-28(38)34-24-11-12-26(39-2)25(19-24)35-27-18-22(13-14-33-27)30-29(21-9-8-10-23(32)17-21)36-31(41-3)37(30)20-40-15-16-42(4,5)6/h7-14,17-19H,1,15-16,20,32H2,2-6H3,(H,33,35)(H,34,38). The number of carbonyl (C=O) groups is 1. The molecular formula is C31H38N6O3SSi. The molecule has 2 aromatic heterocycles. The van der Waals surface area contributed by atoms with E-state index in [9.17, 15) is 4.79 Å². The summed E-state index contributed by atoms with van der Waals surface area (Å²) in [5.41, 5.74) is 11.6.